The Balaban J connectivity index is 0.000000538. The van der Waals surface area contributed by atoms with Gasteiger partial charge in [0.15, 0.2) is 9.84 Å². The quantitative estimate of drug-likeness (QED) is 0.618. The number of sulfone groups is 1. The molecular weight excluding hydrogens is 496 g/mol. The average Bonchev–Trinajstić information content (AvgIpc) is 3.22. The molecule has 0 saturated carbocycles. The van der Waals surface area contributed by atoms with Crippen LogP contribution in [0, 0.1) is 0 Å². The van der Waals surface area contributed by atoms with Gasteiger partial charge in [-0.25, -0.2) is 8.42 Å². The highest BCUT2D eigenvalue weighted by molar-refractivity contribution is 7.90. The number of carbonyl (C=O) groups is 1. The van der Waals surface area contributed by atoms with Crippen molar-refractivity contribution in [1.29, 1.82) is 0 Å². The van der Waals surface area contributed by atoms with Crippen LogP contribution in [-0.4, -0.2) is 70.9 Å². The van der Waals surface area contributed by atoms with Crippen LogP contribution in [0.4, 0.5) is 18.9 Å². The van der Waals surface area contributed by atoms with Gasteiger partial charge in [-0.15, -0.1) is 0 Å². The molecule has 1 amide bonds. The first-order valence-electron chi connectivity index (χ1n) is 11.1. The number of pyridine rings is 1. The third-order valence-corrected chi connectivity index (χ3v) is 6.93. The molecule has 0 unspecified atom stereocenters. The lowest BCUT2D eigenvalue weighted by molar-refractivity contribution is -0.130. The summed E-state index contributed by atoms with van der Waals surface area (Å²) in [5.41, 5.74) is 3.99. The van der Waals surface area contributed by atoms with Gasteiger partial charge in [0.05, 0.1) is 34.6 Å². The van der Waals surface area contributed by atoms with Gasteiger partial charge in [-0.3, -0.25) is 9.78 Å². The van der Waals surface area contributed by atoms with Crippen molar-refractivity contribution in [3.63, 3.8) is 0 Å². The summed E-state index contributed by atoms with van der Waals surface area (Å²) in [5, 5.41) is 3.19. The Kier molecular flexibility index (Phi) is 8.22. The Labute approximate surface area is 209 Å². The van der Waals surface area contributed by atoms with Crippen LogP contribution in [0.1, 0.15) is 35.0 Å². The van der Waals surface area contributed by atoms with Gasteiger partial charge in [-0.1, -0.05) is 13.5 Å². The van der Waals surface area contributed by atoms with E-state index in [9.17, 15) is 26.4 Å². The van der Waals surface area contributed by atoms with Gasteiger partial charge in [-0.2, -0.15) is 13.2 Å². The van der Waals surface area contributed by atoms with Gasteiger partial charge in [0, 0.05) is 50.1 Å². The number of alkyl halides is 3. The number of nitrogens with one attached hydrogen (secondary N) is 1. The highest BCUT2D eigenvalue weighted by atomic mass is 32.2. The van der Waals surface area contributed by atoms with E-state index in [0.29, 0.717) is 32.7 Å². The Morgan fingerprint density at radius 2 is 1.86 bits per heavy atom. The van der Waals surface area contributed by atoms with E-state index in [1.165, 1.54) is 18.2 Å². The second kappa shape index (κ2) is 10.8. The molecule has 2 aliphatic heterocycles. The molecule has 0 aliphatic carbocycles. The number of carbonyl (C=O) groups excluding carboxylic acids is 1. The SMILES string of the molecule is CCC(F)(F)F.[B]Oc1ccc(S(C)(=O)=O)cc1C(=O)N1CCN(c2cnc3c(c2)C(=C)NC3)CC1. The fraction of sp³-hybridized carbons (Fsp3) is 0.391. The zero-order valence-electron chi connectivity index (χ0n) is 19.9. The van der Waals surface area contributed by atoms with Gasteiger partial charge in [0.1, 0.15) is 5.75 Å². The average molecular weight is 522 g/mol. The molecule has 2 aromatic rings. The van der Waals surface area contributed by atoms with Crippen LogP contribution in [0.25, 0.3) is 5.70 Å². The van der Waals surface area contributed by atoms with Crippen LogP contribution in [0.3, 0.4) is 0 Å². The molecule has 8 nitrogen and oxygen atoms in total. The van der Waals surface area contributed by atoms with Crippen molar-refractivity contribution in [1.82, 2.24) is 15.2 Å². The largest absolute Gasteiger partial charge is 0.567 e. The lowest BCUT2D eigenvalue weighted by Crippen LogP contribution is -2.49. The molecule has 1 saturated heterocycles. The molecule has 36 heavy (non-hydrogen) atoms. The number of amides is 1. The van der Waals surface area contributed by atoms with E-state index >= 15 is 0 Å². The van der Waals surface area contributed by atoms with Crippen LogP contribution in [0.15, 0.2) is 41.9 Å². The highest BCUT2D eigenvalue weighted by Crippen LogP contribution is 2.28. The van der Waals surface area contributed by atoms with Gasteiger partial charge < -0.3 is 19.8 Å². The second-order valence-corrected chi connectivity index (χ2v) is 10.3. The van der Waals surface area contributed by atoms with Crippen molar-refractivity contribution >= 4 is 35.2 Å². The molecule has 2 radical (unpaired) electrons. The van der Waals surface area contributed by atoms with Crippen LogP contribution >= 0.6 is 0 Å². The number of aromatic nitrogens is 1. The summed E-state index contributed by atoms with van der Waals surface area (Å²) in [6, 6.07) is 6.15. The number of rotatable bonds is 4. The van der Waals surface area contributed by atoms with Crippen LogP contribution in [-0.2, 0) is 16.4 Å². The summed E-state index contributed by atoms with van der Waals surface area (Å²) in [7, 11) is 1.82. The molecule has 1 aromatic carbocycles. The summed E-state index contributed by atoms with van der Waals surface area (Å²) in [6.45, 7) is 7.97. The minimum absolute atomic E-state index is 0.0448. The Hall–Kier alpha value is -3.22. The monoisotopic (exact) mass is 522 g/mol. The van der Waals surface area contributed by atoms with Gasteiger partial charge in [-0.05, 0) is 24.3 Å². The maximum absolute atomic E-state index is 13.0. The van der Waals surface area contributed by atoms with Crippen LogP contribution < -0.4 is 14.9 Å². The molecule has 1 aromatic heterocycles. The Morgan fingerprint density at radius 1 is 1.22 bits per heavy atom. The molecular formula is C23H26BF3N4O4S. The van der Waals surface area contributed by atoms with E-state index in [1.807, 2.05) is 6.20 Å². The van der Waals surface area contributed by atoms with Crippen molar-refractivity contribution in [3.8, 4) is 5.75 Å². The van der Waals surface area contributed by atoms with Gasteiger partial charge >= 0.3 is 14.2 Å². The topological polar surface area (TPSA) is 91.8 Å². The number of nitrogens with zero attached hydrogens (tertiary/aromatic N) is 3. The number of fused-ring (bicyclic) bond motifs is 1. The number of anilines is 1. The summed E-state index contributed by atoms with van der Waals surface area (Å²) in [6.07, 6.45) is -1.76. The number of piperazine rings is 1. The first kappa shape index (κ1) is 27.4. The number of hydrogen-bond acceptors (Lipinski definition) is 7. The zero-order chi connectivity index (χ0) is 26.7. The molecule has 0 atom stereocenters. The maximum Gasteiger partial charge on any atom is 0.388 e. The van der Waals surface area contributed by atoms with Crippen LogP contribution in [0.2, 0.25) is 0 Å². The van der Waals surface area contributed by atoms with Crippen molar-refractivity contribution in [3.05, 3.63) is 53.9 Å². The number of benzene rings is 1. The summed E-state index contributed by atoms with van der Waals surface area (Å²) >= 11 is 0. The van der Waals surface area contributed by atoms with E-state index in [0.717, 1.165) is 35.8 Å². The molecule has 13 heteroatoms. The van der Waals surface area contributed by atoms with Crippen LogP contribution in [0.5, 0.6) is 5.75 Å². The fourth-order valence-corrected chi connectivity index (χ4v) is 4.34. The maximum atomic E-state index is 13.0. The molecule has 4 rings (SSSR count). The van der Waals surface area contributed by atoms with Crippen molar-refractivity contribution in [2.45, 2.75) is 31.0 Å². The molecule has 1 N–H and O–H groups in total. The molecule has 3 heterocycles. The van der Waals surface area contributed by atoms with E-state index < -0.39 is 22.4 Å². The van der Waals surface area contributed by atoms with Gasteiger partial charge in [0.2, 0.25) is 0 Å². The standard InChI is InChI=1S/C20H21BN4O4S.C3H5F3/c1-13-16-9-14(11-23-18(16)12-22-13)24-5-7-25(8-6-24)20(26)17-10-15(30(2,27)28)3-4-19(17)29-21;1-2-3(4,5)6/h3-4,9-11,22H,1,5-8,12H2,2H3;2H2,1H3. The normalized spacial score (nSPS) is 15.5. The third-order valence-electron chi connectivity index (χ3n) is 5.82. The van der Waals surface area contributed by atoms with E-state index in [4.69, 9.17) is 12.7 Å². The van der Waals surface area contributed by atoms with Crippen molar-refractivity contribution < 1.29 is 31.0 Å². The molecule has 0 bridgehead atoms. The number of halogens is 3. The molecule has 0 spiro atoms. The van der Waals surface area contributed by atoms with E-state index in [1.54, 1.807) is 4.90 Å². The Bertz CT molecular complexity index is 1250. The minimum Gasteiger partial charge on any atom is -0.567 e. The summed E-state index contributed by atoms with van der Waals surface area (Å²) < 4.78 is 60.9. The van der Waals surface area contributed by atoms with E-state index in [-0.39, 0.29) is 22.1 Å². The smallest absolute Gasteiger partial charge is 0.388 e. The Morgan fingerprint density at radius 3 is 2.42 bits per heavy atom. The second-order valence-electron chi connectivity index (χ2n) is 8.32. The minimum atomic E-state index is -3.96. The molecule has 1 fully saturated rings. The van der Waals surface area contributed by atoms with Crippen molar-refractivity contribution in [2.24, 2.45) is 0 Å². The van der Waals surface area contributed by atoms with Crippen molar-refractivity contribution in [2.75, 3.05) is 37.3 Å². The lowest BCUT2D eigenvalue weighted by atomic mass is 10.1. The van der Waals surface area contributed by atoms with Gasteiger partial charge in [0.25, 0.3) is 5.91 Å². The summed E-state index contributed by atoms with van der Waals surface area (Å²) in [4.78, 5) is 21.4. The highest BCUT2D eigenvalue weighted by Gasteiger charge is 2.27. The molecule has 2 aliphatic rings. The lowest BCUT2D eigenvalue weighted by Gasteiger charge is -2.36. The first-order chi connectivity index (χ1) is 16.8. The predicted octanol–water partition coefficient (Wildman–Crippen LogP) is 2.94. The molecule has 192 valence electrons. The number of hydrogen-bond donors (Lipinski definition) is 1. The zero-order valence-corrected chi connectivity index (χ0v) is 20.7. The van der Waals surface area contributed by atoms with E-state index in [2.05, 4.69) is 27.8 Å². The third kappa shape index (κ3) is 6.51. The summed E-state index contributed by atoms with van der Waals surface area (Å²) in [5.74, 6) is -0.172. The predicted molar refractivity (Wildman–Crippen MR) is 131 cm³/mol. The first-order valence-corrected chi connectivity index (χ1v) is 13.0. The fourth-order valence-electron chi connectivity index (χ4n) is 3.69.